The molecule has 4 rings (SSSR count). The van der Waals surface area contributed by atoms with Crippen molar-refractivity contribution in [3.05, 3.63) is 90.0 Å². The molecular weight excluding hydrogens is 402 g/mol. The predicted molar refractivity (Wildman–Crippen MR) is 126 cm³/mol. The van der Waals surface area contributed by atoms with Crippen LogP contribution in [0.1, 0.15) is 34.1 Å². The first-order valence-electron chi connectivity index (χ1n) is 10.4. The molecule has 0 saturated heterocycles. The highest BCUT2D eigenvalue weighted by Gasteiger charge is 2.16. The van der Waals surface area contributed by atoms with Gasteiger partial charge in [-0.3, -0.25) is 9.59 Å². The van der Waals surface area contributed by atoms with Crippen molar-refractivity contribution in [3.63, 3.8) is 0 Å². The molecular formula is C26H23N3O3. The summed E-state index contributed by atoms with van der Waals surface area (Å²) in [6.07, 6.45) is 0.936. The number of pyridine rings is 1. The lowest BCUT2D eigenvalue weighted by molar-refractivity contribution is 0.100. The maximum Gasteiger partial charge on any atom is 0.256 e. The van der Waals surface area contributed by atoms with Crippen molar-refractivity contribution in [3.8, 4) is 17.0 Å². The largest absolute Gasteiger partial charge is 0.494 e. The first-order valence-corrected chi connectivity index (χ1v) is 10.4. The number of carbonyl (C=O) groups excluding carboxylic acids is 2. The van der Waals surface area contributed by atoms with Crippen molar-refractivity contribution in [2.75, 3.05) is 11.9 Å². The summed E-state index contributed by atoms with van der Waals surface area (Å²) in [6, 6.07) is 23.5. The van der Waals surface area contributed by atoms with E-state index in [0.717, 1.165) is 17.7 Å². The molecule has 0 fully saturated rings. The molecule has 4 aromatic rings. The number of nitrogens with zero attached hydrogens (tertiary/aromatic N) is 1. The van der Waals surface area contributed by atoms with Crippen LogP contribution in [0.15, 0.2) is 78.9 Å². The van der Waals surface area contributed by atoms with Crippen LogP contribution in [-0.2, 0) is 0 Å². The lowest BCUT2D eigenvalue weighted by atomic mass is 10.0. The summed E-state index contributed by atoms with van der Waals surface area (Å²) in [5, 5.41) is 3.54. The standard InChI is InChI=1S/C26H23N3O3/c1-2-15-32-18-13-11-17(12-14-18)24-16-21(19-7-3-5-9-22(19)28-24)26(31)29-23-10-6-4-8-20(23)25(27)30/h3-14,16H,2,15H2,1H3,(H2,27,30)(H,29,31). The second-order valence-corrected chi connectivity index (χ2v) is 7.31. The molecule has 6 heteroatoms. The minimum Gasteiger partial charge on any atom is -0.494 e. The van der Waals surface area contributed by atoms with Gasteiger partial charge in [-0.1, -0.05) is 37.3 Å². The van der Waals surface area contributed by atoms with Gasteiger partial charge in [0.15, 0.2) is 0 Å². The summed E-state index contributed by atoms with van der Waals surface area (Å²) < 4.78 is 5.65. The Kier molecular flexibility index (Phi) is 6.12. The maximum atomic E-state index is 13.2. The van der Waals surface area contributed by atoms with Crippen molar-refractivity contribution in [2.45, 2.75) is 13.3 Å². The van der Waals surface area contributed by atoms with E-state index < -0.39 is 5.91 Å². The van der Waals surface area contributed by atoms with E-state index in [1.165, 1.54) is 0 Å². The third-order valence-corrected chi connectivity index (χ3v) is 5.02. The number of nitrogens with two attached hydrogens (primary N) is 1. The van der Waals surface area contributed by atoms with Gasteiger partial charge < -0.3 is 15.8 Å². The van der Waals surface area contributed by atoms with Crippen molar-refractivity contribution >= 4 is 28.4 Å². The van der Waals surface area contributed by atoms with E-state index in [-0.39, 0.29) is 11.5 Å². The van der Waals surface area contributed by atoms with Crippen LogP contribution < -0.4 is 15.8 Å². The van der Waals surface area contributed by atoms with Gasteiger partial charge in [0.2, 0.25) is 0 Å². The summed E-state index contributed by atoms with van der Waals surface area (Å²) >= 11 is 0. The van der Waals surface area contributed by atoms with Gasteiger partial charge in [0.25, 0.3) is 11.8 Å². The first-order chi connectivity index (χ1) is 15.6. The van der Waals surface area contributed by atoms with Crippen LogP contribution in [0.5, 0.6) is 5.75 Å². The van der Waals surface area contributed by atoms with Crippen molar-refractivity contribution < 1.29 is 14.3 Å². The smallest absolute Gasteiger partial charge is 0.256 e. The third-order valence-electron chi connectivity index (χ3n) is 5.02. The molecule has 0 spiro atoms. The highest BCUT2D eigenvalue weighted by atomic mass is 16.5. The molecule has 6 nitrogen and oxygen atoms in total. The van der Waals surface area contributed by atoms with Crippen LogP contribution in [0.25, 0.3) is 22.2 Å². The average Bonchev–Trinajstić information content (AvgIpc) is 2.82. The molecule has 0 unspecified atom stereocenters. The normalized spacial score (nSPS) is 10.7. The number of hydrogen-bond donors (Lipinski definition) is 2. The van der Waals surface area contributed by atoms with Crippen molar-refractivity contribution in [1.82, 2.24) is 4.98 Å². The SMILES string of the molecule is CCCOc1ccc(-c2cc(C(=O)Nc3ccccc3C(N)=O)c3ccccc3n2)cc1. The number of carbonyl (C=O) groups is 2. The number of primary amides is 1. The van der Waals surface area contributed by atoms with Crippen LogP contribution in [0.4, 0.5) is 5.69 Å². The Labute approximate surface area is 186 Å². The number of para-hydroxylation sites is 2. The lowest BCUT2D eigenvalue weighted by Crippen LogP contribution is -2.18. The highest BCUT2D eigenvalue weighted by Crippen LogP contribution is 2.27. The number of amides is 2. The molecule has 0 saturated carbocycles. The summed E-state index contributed by atoms with van der Waals surface area (Å²) in [5.41, 5.74) is 8.76. The van der Waals surface area contributed by atoms with Gasteiger partial charge in [-0.15, -0.1) is 0 Å². The minimum atomic E-state index is -0.605. The Balaban J connectivity index is 1.73. The van der Waals surface area contributed by atoms with Crippen molar-refractivity contribution in [1.29, 1.82) is 0 Å². The zero-order valence-electron chi connectivity index (χ0n) is 17.7. The van der Waals surface area contributed by atoms with E-state index in [1.807, 2.05) is 48.5 Å². The number of aromatic nitrogens is 1. The molecule has 0 aliphatic heterocycles. The van der Waals surface area contributed by atoms with Crippen LogP contribution in [0.2, 0.25) is 0 Å². The van der Waals surface area contributed by atoms with E-state index in [4.69, 9.17) is 15.5 Å². The van der Waals surface area contributed by atoms with E-state index in [9.17, 15) is 9.59 Å². The van der Waals surface area contributed by atoms with E-state index >= 15 is 0 Å². The molecule has 1 aromatic heterocycles. The molecule has 1 heterocycles. The molecule has 3 aromatic carbocycles. The topological polar surface area (TPSA) is 94.3 Å². The first kappa shape index (κ1) is 21.1. The van der Waals surface area contributed by atoms with Gasteiger partial charge in [-0.05, 0) is 55.0 Å². The molecule has 32 heavy (non-hydrogen) atoms. The average molecular weight is 425 g/mol. The number of ether oxygens (including phenoxy) is 1. The van der Waals surface area contributed by atoms with E-state index in [2.05, 4.69) is 12.2 Å². The predicted octanol–water partition coefficient (Wildman–Crippen LogP) is 5.04. The van der Waals surface area contributed by atoms with Gasteiger partial charge in [0.05, 0.1) is 34.6 Å². The fourth-order valence-corrected chi connectivity index (χ4v) is 3.45. The Morgan fingerprint density at radius 2 is 1.66 bits per heavy atom. The number of anilines is 1. The Hall–Kier alpha value is -4.19. The molecule has 0 aliphatic rings. The molecule has 0 radical (unpaired) electrons. The second kappa shape index (κ2) is 9.31. The Morgan fingerprint density at radius 3 is 2.41 bits per heavy atom. The van der Waals surface area contributed by atoms with Crippen LogP contribution in [0.3, 0.4) is 0 Å². The molecule has 0 atom stereocenters. The number of rotatable bonds is 7. The van der Waals surface area contributed by atoms with Gasteiger partial charge in [0.1, 0.15) is 5.75 Å². The highest BCUT2D eigenvalue weighted by molar-refractivity contribution is 6.14. The number of nitrogens with one attached hydrogen (secondary N) is 1. The lowest BCUT2D eigenvalue weighted by Gasteiger charge is -2.12. The van der Waals surface area contributed by atoms with E-state index in [0.29, 0.717) is 34.5 Å². The van der Waals surface area contributed by atoms with Crippen LogP contribution in [0, 0.1) is 0 Å². The maximum absolute atomic E-state index is 13.2. The summed E-state index contributed by atoms with van der Waals surface area (Å²) in [4.78, 5) is 29.7. The van der Waals surface area contributed by atoms with Gasteiger partial charge in [-0.25, -0.2) is 4.98 Å². The molecule has 2 amide bonds. The molecule has 160 valence electrons. The van der Waals surface area contributed by atoms with Gasteiger partial charge in [0, 0.05) is 10.9 Å². The monoisotopic (exact) mass is 425 g/mol. The number of fused-ring (bicyclic) bond motifs is 1. The van der Waals surface area contributed by atoms with Gasteiger partial charge >= 0.3 is 0 Å². The minimum absolute atomic E-state index is 0.252. The third kappa shape index (κ3) is 4.44. The number of benzene rings is 3. The number of hydrogen-bond acceptors (Lipinski definition) is 4. The summed E-state index contributed by atoms with van der Waals surface area (Å²) in [6.45, 7) is 2.71. The van der Waals surface area contributed by atoms with Crippen LogP contribution >= 0.6 is 0 Å². The van der Waals surface area contributed by atoms with Gasteiger partial charge in [-0.2, -0.15) is 0 Å². The molecule has 0 aliphatic carbocycles. The fraction of sp³-hybridized carbons (Fsp3) is 0.115. The molecule has 3 N–H and O–H groups in total. The summed E-state index contributed by atoms with van der Waals surface area (Å²) in [7, 11) is 0. The Bertz CT molecular complexity index is 1280. The van der Waals surface area contributed by atoms with E-state index in [1.54, 1.807) is 30.3 Å². The zero-order chi connectivity index (χ0) is 22.5. The molecule has 0 bridgehead atoms. The quantitative estimate of drug-likeness (QED) is 0.434. The van der Waals surface area contributed by atoms with Crippen LogP contribution in [-0.4, -0.2) is 23.4 Å². The van der Waals surface area contributed by atoms with Crippen molar-refractivity contribution in [2.24, 2.45) is 5.73 Å². The summed E-state index contributed by atoms with van der Waals surface area (Å²) in [5.74, 6) is -0.162. The zero-order valence-corrected chi connectivity index (χ0v) is 17.7. The second-order valence-electron chi connectivity index (χ2n) is 7.31. The Morgan fingerprint density at radius 1 is 0.938 bits per heavy atom. The fourth-order valence-electron chi connectivity index (χ4n) is 3.45.